The highest BCUT2D eigenvalue weighted by Crippen LogP contribution is 2.17. The van der Waals surface area contributed by atoms with Crippen molar-refractivity contribution < 1.29 is 4.74 Å². The highest BCUT2D eigenvalue weighted by atomic mass is 32.1. The highest BCUT2D eigenvalue weighted by Gasteiger charge is 2.03. The number of benzene rings is 1. The molecule has 0 radical (unpaired) electrons. The van der Waals surface area contributed by atoms with Crippen LogP contribution in [0.4, 0.5) is 0 Å². The number of thiazole rings is 1. The summed E-state index contributed by atoms with van der Waals surface area (Å²) in [7, 11) is 0. The highest BCUT2D eigenvalue weighted by molar-refractivity contribution is 7.09. The fourth-order valence-electron chi connectivity index (χ4n) is 1.97. The van der Waals surface area contributed by atoms with Gasteiger partial charge in [-0.3, -0.25) is 0 Å². The van der Waals surface area contributed by atoms with Crippen LogP contribution in [0.15, 0.2) is 29.6 Å². The van der Waals surface area contributed by atoms with Gasteiger partial charge >= 0.3 is 0 Å². The molecule has 0 amide bonds. The van der Waals surface area contributed by atoms with E-state index >= 15 is 0 Å². The maximum absolute atomic E-state index is 5.85. The van der Waals surface area contributed by atoms with E-state index < -0.39 is 0 Å². The van der Waals surface area contributed by atoms with E-state index in [1.807, 2.05) is 12.1 Å². The maximum Gasteiger partial charge on any atom is 0.131 e. The average Bonchev–Trinajstić information content (AvgIpc) is 2.92. The van der Waals surface area contributed by atoms with Crippen LogP contribution in [0.1, 0.15) is 43.5 Å². The number of aryl methyl sites for hydroxylation is 1. The van der Waals surface area contributed by atoms with Crippen LogP contribution >= 0.6 is 11.3 Å². The van der Waals surface area contributed by atoms with Crippen LogP contribution in [0.25, 0.3) is 0 Å². The lowest BCUT2D eigenvalue weighted by molar-refractivity contribution is 0.301. The third-order valence-electron chi connectivity index (χ3n) is 3.06. The molecule has 1 aromatic heterocycles. The summed E-state index contributed by atoms with van der Waals surface area (Å²) in [6.45, 7) is 7.88. The predicted octanol–water partition coefficient (Wildman–Crippen LogP) is 4.17. The summed E-state index contributed by atoms with van der Waals surface area (Å²) in [6.07, 6.45) is 2.19. The number of aromatic nitrogens is 1. The minimum absolute atomic E-state index is 0.488. The molecule has 0 bridgehead atoms. The van der Waals surface area contributed by atoms with Crippen molar-refractivity contribution in [3.63, 3.8) is 0 Å². The van der Waals surface area contributed by atoms with Gasteiger partial charge in [0.15, 0.2) is 0 Å². The molecule has 0 saturated heterocycles. The van der Waals surface area contributed by atoms with E-state index in [0.717, 1.165) is 30.8 Å². The van der Waals surface area contributed by atoms with Gasteiger partial charge in [-0.15, -0.1) is 11.3 Å². The lowest BCUT2D eigenvalue weighted by atomic mass is 10.2. The molecule has 0 spiro atoms. The Morgan fingerprint density at radius 3 is 2.95 bits per heavy atom. The van der Waals surface area contributed by atoms with Crippen molar-refractivity contribution in [1.29, 1.82) is 0 Å². The number of ether oxygens (including phenoxy) is 1. The minimum Gasteiger partial charge on any atom is -0.487 e. The third kappa shape index (κ3) is 5.48. The molecule has 0 aliphatic heterocycles. The summed E-state index contributed by atoms with van der Waals surface area (Å²) < 4.78 is 5.85. The van der Waals surface area contributed by atoms with Gasteiger partial charge in [0.05, 0.1) is 10.7 Å². The van der Waals surface area contributed by atoms with Crippen molar-refractivity contribution in [2.45, 2.75) is 52.8 Å². The normalized spacial score (nSPS) is 11.0. The molecule has 114 valence electrons. The Labute approximate surface area is 131 Å². The Hall–Kier alpha value is -1.39. The van der Waals surface area contributed by atoms with Gasteiger partial charge in [-0.25, -0.2) is 4.98 Å². The molecule has 21 heavy (non-hydrogen) atoms. The summed E-state index contributed by atoms with van der Waals surface area (Å²) in [5.41, 5.74) is 2.26. The number of nitrogens with zero attached hydrogens (tertiary/aromatic N) is 1. The van der Waals surface area contributed by atoms with E-state index in [-0.39, 0.29) is 0 Å². The lowest BCUT2D eigenvalue weighted by Gasteiger charge is -2.10. The van der Waals surface area contributed by atoms with Crippen molar-refractivity contribution in [2.24, 2.45) is 0 Å². The topological polar surface area (TPSA) is 34.1 Å². The van der Waals surface area contributed by atoms with Crippen LogP contribution in [0, 0.1) is 0 Å². The van der Waals surface area contributed by atoms with Gasteiger partial charge in [0.2, 0.25) is 0 Å². The Morgan fingerprint density at radius 2 is 2.19 bits per heavy atom. The van der Waals surface area contributed by atoms with Crippen LogP contribution in [0.3, 0.4) is 0 Å². The van der Waals surface area contributed by atoms with Gasteiger partial charge in [0.1, 0.15) is 12.4 Å². The molecule has 0 unspecified atom stereocenters. The summed E-state index contributed by atoms with van der Waals surface area (Å²) in [4.78, 5) is 4.58. The summed E-state index contributed by atoms with van der Waals surface area (Å²) in [5.74, 6) is 0.906. The van der Waals surface area contributed by atoms with E-state index in [9.17, 15) is 0 Å². The first-order valence-electron chi connectivity index (χ1n) is 7.55. The Bertz CT molecular complexity index is 551. The number of nitrogens with one attached hydrogen (secondary N) is 1. The molecular formula is C17H24N2OS. The van der Waals surface area contributed by atoms with Crippen LogP contribution in [-0.4, -0.2) is 11.0 Å². The van der Waals surface area contributed by atoms with Gasteiger partial charge < -0.3 is 10.1 Å². The van der Waals surface area contributed by atoms with E-state index in [2.05, 4.69) is 48.6 Å². The molecule has 1 aromatic carbocycles. The zero-order chi connectivity index (χ0) is 15.1. The Morgan fingerprint density at radius 1 is 1.33 bits per heavy atom. The molecule has 1 heterocycles. The molecular weight excluding hydrogens is 280 g/mol. The van der Waals surface area contributed by atoms with Crippen LogP contribution in [-0.2, 0) is 19.6 Å². The molecule has 3 nitrogen and oxygen atoms in total. The second-order valence-corrected chi connectivity index (χ2v) is 6.40. The largest absolute Gasteiger partial charge is 0.487 e. The smallest absolute Gasteiger partial charge is 0.131 e. The molecule has 2 aromatic rings. The number of rotatable bonds is 8. The second kappa shape index (κ2) is 8.15. The predicted molar refractivity (Wildman–Crippen MR) is 88.9 cm³/mol. The van der Waals surface area contributed by atoms with Crippen molar-refractivity contribution in [3.05, 3.63) is 45.9 Å². The van der Waals surface area contributed by atoms with Crippen molar-refractivity contribution >= 4 is 11.3 Å². The first-order chi connectivity index (χ1) is 10.2. The fourth-order valence-corrected chi connectivity index (χ4v) is 2.85. The first-order valence-corrected chi connectivity index (χ1v) is 8.43. The van der Waals surface area contributed by atoms with E-state index in [1.165, 1.54) is 10.6 Å². The lowest BCUT2D eigenvalue weighted by Crippen LogP contribution is -2.21. The van der Waals surface area contributed by atoms with Gasteiger partial charge in [0, 0.05) is 18.0 Å². The molecule has 0 fully saturated rings. The Kier molecular flexibility index (Phi) is 6.21. The van der Waals surface area contributed by atoms with E-state index in [0.29, 0.717) is 12.6 Å². The summed E-state index contributed by atoms with van der Waals surface area (Å²) in [6, 6.07) is 8.73. The summed E-state index contributed by atoms with van der Waals surface area (Å²) in [5, 5.41) is 6.71. The third-order valence-corrected chi connectivity index (χ3v) is 4.02. The summed E-state index contributed by atoms with van der Waals surface area (Å²) >= 11 is 1.72. The fraction of sp³-hybridized carbons (Fsp3) is 0.471. The number of hydrogen-bond acceptors (Lipinski definition) is 4. The molecule has 0 aliphatic carbocycles. The first kappa shape index (κ1) is 16.0. The molecule has 2 rings (SSSR count). The van der Waals surface area contributed by atoms with Crippen LogP contribution in [0.2, 0.25) is 0 Å². The maximum atomic E-state index is 5.85. The molecule has 0 aliphatic rings. The quantitative estimate of drug-likeness (QED) is 0.794. The van der Waals surface area contributed by atoms with Crippen molar-refractivity contribution in [2.75, 3.05) is 0 Å². The standard InChI is InChI=1S/C17H24N2OS/c1-4-6-17-19-15(12-21-17)11-20-16-8-5-7-14(9-16)10-18-13(2)3/h5,7-9,12-13,18H,4,6,10-11H2,1-3H3. The number of hydrogen-bond donors (Lipinski definition) is 1. The SMILES string of the molecule is CCCc1nc(COc2cccc(CNC(C)C)c2)cs1. The Balaban J connectivity index is 1.88. The molecule has 4 heteroatoms. The zero-order valence-electron chi connectivity index (χ0n) is 13.1. The van der Waals surface area contributed by atoms with E-state index in [1.54, 1.807) is 11.3 Å². The van der Waals surface area contributed by atoms with Crippen molar-refractivity contribution in [1.82, 2.24) is 10.3 Å². The molecule has 0 saturated carbocycles. The molecule has 1 N–H and O–H groups in total. The van der Waals surface area contributed by atoms with Crippen LogP contribution < -0.4 is 10.1 Å². The van der Waals surface area contributed by atoms with Gasteiger partial charge in [-0.05, 0) is 30.5 Å². The second-order valence-electron chi connectivity index (χ2n) is 5.45. The van der Waals surface area contributed by atoms with Gasteiger partial charge in [-0.2, -0.15) is 0 Å². The minimum atomic E-state index is 0.488. The monoisotopic (exact) mass is 304 g/mol. The molecule has 0 atom stereocenters. The average molecular weight is 304 g/mol. The van der Waals surface area contributed by atoms with Crippen LogP contribution in [0.5, 0.6) is 5.75 Å². The van der Waals surface area contributed by atoms with Gasteiger partial charge in [-0.1, -0.05) is 32.9 Å². The van der Waals surface area contributed by atoms with Gasteiger partial charge in [0.25, 0.3) is 0 Å². The van der Waals surface area contributed by atoms with Crippen molar-refractivity contribution in [3.8, 4) is 5.75 Å². The zero-order valence-corrected chi connectivity index (χ0v) is 13.9. The van der Waals surface area contributed by atoms with E-state index in [4.69, 9.17) is 4.74 Å².